The fourth-order valence-corrected chi connectivity index (χ4v) is 6.42. The largest absolute Gasteiger partial charge is 0.326 e. The summed E-state index contributed by atoms with van der Waals surface area (Å²) in [5, 5.41) is 4.59. The smallest absolute Gasteiger partial charge is 0.243 e. The number of anilines is 1. The molecular weight excluding hydrogens is 474 g/mol. The third kappa shape index (κ3) is 4.85. The molecule has 8 nitrogen and oxygen atoms in total. The van der Waals surface area contributed by atoms with Crippen LogP contribution in [-0.2, 0) is 24.8 Å². The highest BCUT2D eigenvalue weighted by atomic mass is 32.2. The first-order chi connectivity index (χ1) is 16.1. The summed E-state index contributed by atoms with van der Waals surface area (Å²) in [7, 11) is -6.11. The number of sulfonamides is 2. The van der Waals surface area contributed by atoms with Crippen LogP contribution in [0.4, 0.5) is 5.69 Å². The van der Waals surface area contributed by atoms with Crippen molar-refractivity contribution in [2.24, 2.45) is 5.92 Å². The van der Waals surface area contributed by atoms with Gasteiger partial charge in [-0.1, -0.05) is 36.4 Å². The molecule has 0 radical (unpaired) electrons. The number of fused-ring (bicyclic) bond motifs is 1. The van der Waals surface area contributed by atoms with Crippen LogP contribution in [0, 0.1) is 12.8 Å². The fraction of sp³-hybridized carbons (Fsp3) is 0.292. The summed E-state index contributed by atoms with van der Waals surface area (Å²) in [4.78, 5) is 13.3. The SMILES string of the molecule is CNS(=O)(=O)c1ccc(C)c(NC(=O)[C@H]2CCCN(S(=O)(=O)c3ccc4ccccc4c3)C2)c1. The summed E-state index contributed by atoms with van der Waals surface area (Å²) in [6.07, 6.45) is 1.10. The molecule has 1 fully saturated rings. The Bertz CT molecular complexity index is 1450. The molecule has 1 saturated heterocycles. The molecule has 1 atom stereocenters. The van der Waals surface area contributed by atoms with Gasteiger partial charge >= 0.3 is 0 Å². The highest BCUT2D eigenvalue weighted by Gasteiger charge is 2.33. The zero-order chi connectivity index (χ0) is 24.5. The Morgan fingerprint density at radius 2 is 1.65 bits per heavy atom. The second-order valence-electron chi connectivity index (χ2n) is 8.38. The molecule has 0 saturated carbocycles. The van der Waals surface area contributed by atoms with Crippen molar-refractivity contribution in [2.75, 3.05) is 25.5 Å². The lowest BCUT2D eigenvalue weighted by Gasteiger charge is -2.31. The number of benzene rings is 3. The van der Waals surface area contributed by atoms with E-state index in [1.165, 1.54) is 23.5 Å². The summed E-state index contributed by atoms with van der Waals surface area (Å²) in [6, 6.07) is 17.1. The molecule has 1 aliphatic rings. The van der Waals surface area contributed by atoms with Crippen molar-refractivity contribution in [3.8, 4) is 0 Å². The van der Waals surface area contributed by atoms with Gasteiger partial charge in [0.2, 0.25) is 26.0 Å². The first kappa shape index (κ1) is 24.3. The molecular formula is C24H27N3O5S2. The van der Waals surface area contributed by atoms with Crippen LogP contribution >= 0.6 is 0 Å². The van der Waals surface area contributed by atoms with Crippen LogP contribution in [0.1, 0.15) is 18.4 Å². The zero-order valence-electron chi connectivity index (χ0n) is 19.0. The predicted molar refractivity (Wildman–Crippen MR) is 131 cm³/mol. The van der Waals surface area contributed by atoms with Crippen LogP contribution in [0.3, 0.4) is 0 Å². The predicted octanol–water partition coefficient (Wildman–Crippen LogP) is 3.10. The van der Waals surface area contributed by atoms with Gasteiger partial charge in [0.05, 0.1) is 15.7 Å². The Hall–Kier alpha value is -2.79. The number of rotatable bonds is 6. The van der Waals surface area contributed by atoms with E-state index in [1.807, 2.05) is 24.3 Å². The maximum Gasteiger partial charge on any atom is 0.243 e. The summed E-state index contributed by atoms with van der Waals surface area (Å²) < 4.78 is 54.5. The summed E-state index contributed by atoms with van der Waals surface area (Å²) >= 11 is 0. The molecule has 0 bridgehead atoms. The minimum absolute atomic E-state index is 0.0417. The van der Waals surface area contributed by atoms with E-state index < -0.39 is 26.0 Å². The number of hydrogen-bond acceptors (Lipinski definition) is 5. The lowest BCUT2D eigenvalue weighted by Crippen LogP contribution is -2.43. The average Bonchev–Trinajstić information content (AvgIpc) is 2.85. The highest BCUT2D eigenvalue weighted by molar-refractivity contribution is 7.89. The Labute approximate surface area is 200 Å². The molecule has 1 amide bonds. The molecule has 0 aliphatic carbocycles. The van der Waals surface area contributed by atoms with E-state index in [2.05, 4.69) is 10.0 Å². The molecule has 1 aliphatic heterocycles. The first-order valence-electron chi connectivity index (χ1n) is 11.0. The minimum atomic E-state index is -3.76. The Balaban J connectivity index is 1.53. The monoisotopic (exact) mass is 501 g/mol. The number of nitrogens with one attached hydrogen (secondary N) is 2. The maximum absolute atomic E-state index is 13.3. The van der Waals surface area contributed by atoms with Gasteiger partial charge in [-0.3, -0.25) is 4.79 Å². The van der Waals surface area contributed by atoms with Crippen LogP contribution in [0.15, 0.2) is 70.5 Å². The van der Waals surface area contributed by atoms with Gasteiger partial charge in [0.15, 0.2) is 0 Å². The molecule has 3 aromatic carbocycles. The van der Waals surface area contributed by atoms with E-state index in [-0.39, 0.29) is 22.2 Å². The fourth-order valence-electron chi connectivity index (χ4n) is 4.11. The van der Waals surface area contributed by atoms with Gasteiger partial charge in [0.25, 0.3) is 0 Å². The maximum atomic E-state index is 13.3. The van der Waals surface area contributed by atoms with Crippen LogP contribution in [0.5, 0.6) is 0 Å². The van der Waals surface area contributed by atoms with Gasteiger partial charge in [-0.15, -0.1) is 0 Å². The Morgan fingerprint density at radius 3 is 2.38 bits per heavy atom. The van der Waals surface area contributed by atoms with Gasteiger partial charge in [-0.2, -0.15) is 4.31 Å². The average molecular weight is 502 g/mol. The number of carbonyl (C=O) groups excluding carboxylic acids is 1. The van der Waals surface area contributed by atoms with Crippen molar-refractivity contribution in [1.82, 2.24) is 9.03 Å². The molecule has 2 N–H and O–H groups in total. The molecule has 0 unspecified atom stereocenters. The summed E-state index contributed by atoms with van der Waals surface area (Å²) in [5.41, 5.74) is 1.09. The molecule has 4 rings (SSSR count). The summed E-state index contributed by atoms with van der Waals surface area (Å²) in [5.74, 6) is -0.881. The minimum Gasteiger partial charge on any atom is -0.326 e. The van der Waals surface area contributed by atoms with Crippen molar-refractivity contribution in [1.29, 1.82) is 0 Å². The first-order valence-corrected chi connectivity index (χ1v) is 13.9. The topological polar surface area (TPSA) is 113 Å². The highest BCUT2D eigenvalue weighted by Crippen LogP contribution is 2.28. The van der Waals surface area contributed by atoms with E-state index in [1.54, 1.807) is 31.2 Å². The van der Waals surface area contributed by atoms with Crippen molar-refractivity contribution >= 4 is 42.4 Å². The molecule has 1 heterocycles. The van der Waals surface area contributed by atoms with Crippen molar-refractivity contribution in [3.63, 3.8) is 0 Å². The number of carbonyl (C=O) groups is 1. The lowest BCUT2D eigenvalue weighted by molar-refractivity contribution is -0.120. The number of amides is 1. The zero-order valence-corrected chi connectivity index (χ0v) is 20.6. The van der Waals surface area contributed by atoms with E-state index in [9.17, 15) is 21.6 Å². The second-order valence-corrected chi connectivity index (χ2v) is 12.2. The third-order valence-corrected chi connectivity index (χ3v) is 9.43. The van der Waals surface area contributed by atoms with Gasteiger partial charge in [0, 0.05) is 18.8 Å². The molecule has 10 heteroatoms. The van der Waals surface area contributed by atoms with E-state index in [0.29, 0.717) is 30.6 Å². The van der Waals surface area contributed by atoms with Crippen LogP contribution in [-0.4, -0.2) is 47.2 Å². The molecule has 34 heavy (non-hydrogen) atoms. The Kier molecular flexibility index (Phi) is 6.77. The van der Waals surface area contributed by atoms with Gasteiger partial charge < -0.3 is 5.32 Å². The quantitative estimate of drug-likeness (QED) is 0.539. The molecule has 0 spiro atoms. The third-order valence-electron chi connectivity index (χ3n) is 6.16. The van der Waals surface area contributed by atoms with E-state index in [4.69, 9.17) is 0 Å². The van der Waals surface area contributed by atoms with Crippen molar-refractivity contribution in [3.05, 3.63) is 66.2 Å². The van der Waals surface area contributed by atoms with Crippen LogP contribution < -0.4 is 10.0 Å². The number of hydrogen-bond donors (Lipinski definition) is 2. The molecule has 0 aromatic heterocycles. The van der Waals surface area contributed by atoms with Gasteiger partial charge in [-0.05, 0) is 67.4 Å². The summed E-state index contributed by atoms with van der Waals surface area (Å²) in [6.45, 7) is 2.17. The standard InChI is InChI=1S/C24H27N3O5S2/c1-17-9-11-21(33(29,30)25-2)15-23(17)26-24(28)20-8-5-13-27(16-20)34(31,32)22-12-10-18-6-3-4-7-19(18)14-22/h3-4,6-7,9-12,14-15,20,25H,5,8,13,16H2,1-2H3,(H,26,28)/t20-/m0/s1. The van der Waals surface area contributed by atoms with Gasteiger partial charge in [-0.25, -0.2) is 21.6 Å². The van der Waals surface area contributed by atoms with Crippen molar-refractivity contribution in [2.45, 2.75) is 29.6 Å². The number of piperidine rings is 1. The number of aryl methyl sites for hydroxylation is 1. The van der Waals surface area contributed by atoms with E-state index >= 15 is 0 Å². The van der Waals surface area contributed by atoms with Crippen molar-refractivity contribution < 1.29 is 21.6 Å². The van der Waals surface area contributed by atoms with Crippen LogP contribution in [0.2, 0.25) is 0 Å². The normalized spacial score (nSPS) is 17.5. The van der Waals surface area contributed by atoms with Gasteiger partial charge in [0.1, 0.15) is 0 Å². The van der Waals surface area contributed by atoms with E-state index in [0.717, 1.165) is 10.8 Å². The van der Waals surface area contributed by atoms with Crippen LogP contribution in [0.25, 0.3) is 10.8 Å². The Morgan fingerprint density at radius 1 is 0.941 bits per heavy atom. The number of nitrogens with zero attached hydrogens (tertiary/aromatic N) is 1. The molecule has 180 valence electrons. The molecule has 3 aromatic rings. The second kappa shape index (κ2) is 9.46. The lowest BCUT2D eigenvalue weighted by atomic mass is 9.98.